The van der Waals surface area contributed by atoms with Crippen molar-refractivity contribution < 1.29 is 4.42 Å². The summed E-state index contributed by atoms with van der Waals surface area (Å²) in [5.41, 5.74) is 4.17. The normalized spacial score (nSPS) is 12.2. The Balaban J connectivity index is 1.52. The molecule has 7 nitrogen and oxygen atoms in total. The molecule has 0 radical (unpaired) electrons. The summed E-state index contributed by atoms with van der Waals surface area (Å²) in [7, 11) is 0. The molecule has 2 aromatic carbocycles. The fourth-order valence-electron chi connectivity index (χ4n) is 2.68. The third kappa shape index (κ3) is 3.63. The zero-order valence-corrected chi connectivity index (χ0v) is 16.6. The Bertz CT molecular complexity index is 1080. The first-order chi connectivity index (χ1) is 13.5. The molecule has 142 valence electrons. The van der Waals surface area contributed by atoms with Crippen LogP contribution in [-0.2, 0) is 0 Å². The van der Waals surface area contributed by atoms with Crippen LogP contribution in [0, 0.1) is 13.8 Å². The fourth-order valence-corrected chi connectivity index (χ4v) is 3.48. The van der Waals surface area contributed by atoms with E-state index in [9.17, 15) is 0 Å². The Hall–Kier alpha value is -3.13. The van der Waals surface area contributed by atoms with Crippen LogP contribution in [0.5, 0.6) is 0 Å². The maximum atomic E-state index is 6.21. The van der Waals surface area contributed by atoms with E-state index < -0.39 is 0 Å². The average molecular weight is 392 g/mol. The standard InChI is InChI=1S/C20H20N6OS/c1-12-4-8-15(9-5-12)17-22-25-20(26(17)21)28-14(3)18-23-24-19(27-18)16-10-6-13(2)7-11-16/h4-11,14H,21H2,1-3H3/t14-/m1/s1. The maximum absolute atomic E-state index is 6.21. The highest BCUT2D eigenvalue weighted by Gasteiger charge is 2.20. The van der Waals surface area contributed by atoms with Gasteiger partial charge in [0.1, 0.15) is 0 Å². The van der Waals surface area contributed by atoms with Gasteiger partial charge >= 0.3 is 0 Å². The van der Waals surface area contributed by atoms with Crippen molar-refractivity contribution in [3.63, 3.8) is 0 Å². The number of nitrogens with two attached hydrogens (primary N) is 1. The first kappa shape index (κ1) is 18.2. The molecule has 0 fully saturated rings. The molecule has 0 amide bonds. The van der Waals surface area contributed by atoms with Crippen LogP contribution < -0.4 is 5.84 Å². The number of nitrogen functional groups attached to an aromatic ring is 1. The summed E-state index contributed by atoms with van der Waals surface area (Å²) >= 11 is 1.42. The van der Waals surface area contributed by atoms with Crippen LogP contribution in [0.3, 0.4) is 0 Å². The zero-order chi connectivity index (χ0) is 19.7. The van der Waals surface area contributed by atoms with Crippen molar-refractivity contribution in [3.8, 4) is 22.8 Å². The van der Waals surface area contributed by atoms with Crippen molar-refractivity contribution >= 4 is 11.8 Å². The van der Waals surface area contributed by atoms with Crippen molar-refractivity contribution in [2.24, 2.45) is 0 Å². The lowest BCUT2D eigenvalue weighted by molar-refractivity contribution is 0.509. The quantitative estimate of drug-likeness (QED) is 0.402. The molecule has 0 aliphatic heterocycles. The summed E-state index contributed by atoms with van der Waals surface area (Å²) in [5, 5.41) is 17.2. The second-order valence-electron chi connectivity index (χ2n) is 6.61. The topological polar surface area (TPSA) is 95.7 Å². The first-order valence-electron chi connectivity index (χ1n) is 8.86. The van der Waals surface area contributed by atoms with Gasteiger partial charge in [-0.3, -0.25) is 0 Å². The van der Waals surface area contributed by atoms with E-state index in [1.54, 1.807) is 0 Å². The van der Waals surface area contributed by atoms with E-state index in [0.29, 0.717) is 22.8 Å². The van der Waals surface area contributed by atoms with E-state index in [-0.39, 0.29) is 5.25 Å². The van der Waals surface area contributed by atoms with Gasteiger partial charge in [0.2, 0.25) is 16.9 Å². The van der Waals surface area contributed by atoms with Gasteiger partial charge in [0.25, 0.3) is 0 Å². The molecule has 4 rings (SSSR count). The highest BCUT2D eigenvalue weighted by molar-refractivity contribution is 7.99. The summed E-state index contributed by atoms with van der Waals surface area (Å²) in [4.78, 5) is 0. The minimum absolute atomic E-state index is 0.121. The van der Waals surface area contributed by atoms with Gasteiger partial charge < -0.3 is 10.3 Å². The number of thioether (sulfide) groups is 1. The Kier molecular flexibility index (Phi) is 4.87. The van der Waals surface area contributed by atoms with Crippen molar-refractivity contribution in [1.29, 1.82) is 0 Å². The van der Waals surface area contributed by atoms with Gasteiger partial charge in [-0.15, -0.1) is 20.4 Å². The Labute approximate surface area is 167 Å². The Morgan fingerprint density at radius 1 is 0.857 bits per heavy atom. The van der Waals surface area contributed by atoms with E-state index in [1.165, 1.54) is 27.6 Å². The van der Waals surface area contributed by atoms with Gasteiger partial charge in [0, 0.05) is 11.1 Å². The summed E-state index contributed by atoms with van der Waals surface area (Å²) in [6.07, 6.45) is 0. The van der Waals surface area contributed by atoms with Gasteiger partial charge in [0.15, 0.2) is 5.82 Å². The third-order valence-corrected chi connectivity index (χ3v) is 5.39. The molecule has 0 aliphatic rings. The minimum atomic E-state index is -0.121. The van der Waals surface area contributed by atoms with Crippen LogP contribution in [0.2, 0.25) is 0 Å². The molecule has 0 spiro atoms. The monoisotopic (exact) mass is 392 g/mol. The van der Waals surface area contributed by atoms with Crippen molar-refractivity contribution in [3.05, 3.63) is 65.5 Å². The molecule has 0 saturated heterocycles. The largest absolute Gasteiger partial charge is 0.419 e. The lowest BCUT2D eigenvalue weighted by Crippen LogP contribution is -2.12. The van der Waals surface area contributed by atoms with Crippen LogP contribution in [0.4, 0.5) is 0 Å². The number of benzene rings is 2. The van der Waals surface area contributed by atoms with Gasteiger partial charge in [-0.2, -0.15) is 0 Å². The van der Waals surface area contributed by atoms with Gasteiger partial charge in [-0.1, -0.05) is 59.3 Å². The molecule has 4 aromatic rings. The third-order valence-electron chi connectivity index (χ3n) is 4.34. The van der Waals surface area contributed by atoms with E-state index in [1.807, 2.05) is 69.3 Å². The summed E-state index contributed by atoms with van der Waals surface area (Å²) < 4.78 is 7.34. The van der Waals surface area contributed by atoms with Crippen molar-refractivity contribution in [2.45, 2.75) is 31.2 Å². The molecule has 0 unspecified atom stereocenters. The summed E-state index contributed by atoms with van der Waals surface area (Å²) in [6.45, 7) is 6.04. The molecule has 2 N–H and O–H groups in total. The number of hydrogen-bond donors (Lipinski definition) is 1. The minimum Gasteiger partial charge on any atom is -0.419 e. The summed E-state index contributed by atoms with van der Waals surface area (Å²) in [5.74, 6) is 7.84. The lowest BCUT2D eigenvalue weighted by Gasteiger charge is -2.07. The first-order valence-corrected chi connectivity index (χ1v) is 9.74. The maximum Gasteiger partial charge on any atom is 0.247 e. The number of aryl methyl sites for hydroxylation is 2. The van der Waals surface area contributed by atoms with E-state index in [0.717, 1.165) is 11.1 Å². The van der Waals surface area contributed by atoms with Crippen LogP contribution in [-0.4, -0.2) is 25.1 Å². The number of aromatic nitrogens is 5. The van der Waals surface area contributed by atoms with Gasteiger partial charge in [0.05, 0.1) is 5.25 Å². The molecule has 0 aliphatic carbocycles. The van der Waals surface area contributed by atoms with E-state index in [2.05, 4.69) is 20.4 Å². The van der Waals surface area contributed by atoms with Gasteiger partial charge in [-0.05, 0) is 32.9 Å². The van der Waals surface area contributed by atoms with Crippen molar-refractivity contribution in [2.75, 3.05) is 5.84 Å². The molecule has 0 bridgehead atoms. The van der Waals surface area contributed by atoms with Crippen LogP contribution in [0.1, 0.15) is 29.2 Å². The smallest absolute Gasteiger partial charge is 0.247 e. The summed E-state index contributed by atoms with van der Waals surface area (Å²) in [6, 6.07) is 16.0. The number of nitrogens with zero attached hydrogens (tertiary/aromatic N) is 5. The molecule has 2 heterocycles. The molecule has 0 saturated carbocycles. The second-order valence-corrected chi connectivity index (χ2v) is 7.92. The zero-order valence-electron chi connectivity index (χ0n) is 15.8. The van der Waals surface area contributed by atoms with Crippen molar-refractivity contribution in [1.82, 2.24) is 25.1 Å². The van der Waals surface area contributed by atoms with Crippen LogP contribution in [0.15, 0.2) is 58.1 Å². The molecule has 2 aromatic heterocycles. The molecular formula is C20H20N6OS. The highest BCUT2D eigenvalue weighted by Crippen LogP contribution is 2.34. The van der Waals surface area contributed by atoms with E-state index >= 15 is 0 Å². The lowest BCUT2D eigenvalue weighted by atomic mass is 10.1. The molecule has 1 atom stereocenters. The van der Waals surface area contributed by atoms with Crippen LogP contribution in [0.25, 0.3) is 22.8 Å². The highest BCUT2D eigenvalue weighted by atomic mass is 32.2. The molecule has 28 heavy (non-hydrogen) atoms. The number of rotatable bonds is 5. The number of hydrogen-bond acceptors (Lipinski definition) is 7. The molecule has 8 heteroatoms. The predicted octanol–water partition coefficient (Wildman–Crippen LogP) is 4.18. The fraction of sp³-hybridized carbons (Fsp3) is 0.200. The van der Waals surface area contributed by atoms with Gasteiger partial charge in [-0.25, -0.2) is 4.68 Å². The van der Waals surface area contributed by atoms with Crippen LogP contribution >= 0.6 is 11.8 Å². The predicted molar refractivity (Wildman–Crippen MR) is 109 cm³/mol. The SMILES string of the molecule is Cc1ccc(-c2nnc([C@@H](C)Sc3nnc(-c4ccc(C)cc4)n3N)o2)cc1. The molecular weight excluding hydrogens is 372 g/mol. The Morgan fingerprint density at radius 2 is 1.46 bits per heavy atom. The van der Waals surface area contributed by atoms with E-state index in [4.69, 9.17) is 10.3 Å². The second kappa shape index (κ2) is 7.47. The average Bonchev–Trinajstić information content (AvgIpc) is 3.31. The Morgan fingerprint density at radius 3 is 2.11 bits per heavy atom.